The third-order valence-electron chi connectivity index (χ3n) is 3.44. The second kappa shape index (κ2) is 8.67. The van der Waals surface area contributed by atoms with Gasteiger partial charge in [0, 0.05) is 11.9 Å². The van der Waals surface area contributed by atoms with Crippen LogP contribution in [-0.4, -0.2) is 23.0 Å². The molecule has 1 heterocycles. The fraction of sp³-hybridized carbons (Fsp3) is 0.278. The zero-order valence-electron chi connectivity index (χ0n) is 13.8. The third kappa shape index (κ3) is 5.39. The molecule has 3 N–H and O–H groups in total. The summed E-state index contributed by atoms with van der Waals surface area (Å²) in [4.78, 5) is 28.6. The maximum absolute atomic E-state index is 12.4. The number of urea groups is 1. The van der Waals surface area contributed by atoms with E-state index in [9.17, 15) is 9.59 Å². The lowest BCUT2D eigenvalue weighted by atomic mass is 10.0. The van der Waals surface area contributed by atoms with Gasteiger partial charge in [-0.2, -0.15) is 0 Å². The Labute approximate surface area is 141 Å². The van der Waals surface area contributed by atoms with E-state index < -0.39 is 12.1 Å². The largest absolute Gasteiger partial charge is 0.349 e. The summed E-state index contributed by atoms with van der Waals surface area (Å²) in [5.74, 6) is -0.283. The number of pyridine rings is 1. The van der Waals surface area contributed by atoms with Crippen LogP contribution in [0.3, 0.4) is 0 Å². The first-order chi connectivity index (χ1) is 11.6. The minimum absolute atomic E-state index is 0.0461. The molecule has 0 spiro atoms. The molecule has 1 aromatic heterocycles. The maximum atomic E-state index is 12.4. The Balaban J connectivity index is 1.90. The van der Waals surface area contributed by atoms with E-state index in [4.69, 9.17) is 0 Å². The van der Waals surface area contributed by atoms with Crippen molar-refractivity contribution in [2.75, 3.05) is 5.32 Å². The molecule has 2 rings (SSSR count). The third-order valence-corrected chi connectivity index (χ3v) is 3.44. The number of nitrogens with zero attached hydrogens (tertiary/aromatic N) is 1. The van der Waals surface area contributed by atoms with Gasteiger partial charge in [0.2, 0.25) is 5.91 Å². The van der Waals surface area contributed by atoms with Crippen LogP contribution in [0, 0.1) is 5.92 Å². The van der Waals surface area contributed by atoms with Gasteiger partial charge in [-0.3, -0.25) is 9.78 Å². The zero-order chi connectivity index (χ0) is 17.4. The lowest BCUT2D eigenvalue weighted by Crippen LogP contribution is -2.50. The highest BCUT2D eigenvalue weighted by Crippen LogP contribution is 2.07. The van der Waals surface area contributed by atoms with Crippen molar-refractivity contribution in [2.24, 2.45) is 5.92 Å². The van der Waals surface area contributed by atoms with Crippen molar-refractivity contribution in [2.45, 2.75) is 26.4 Å². The average molecular weight is 326 g/mol. The molecule has 0 unspecified atom stereocenters. The minimum Gasteiger partial charge on any atom is -0.349 e. The zero-order valence-corrected chi connectivity index (χ0v) is 13.8. The van der Waals surface area contributed by atoms with E-state index in [2.05, 4.69) is 20.9 Å². The number of aromatic nitrogens is 1. The number of rotatable bonds is 6. The number of hydrogen-bond donors (Lipinski definition) is 3. The molecule has 0 radical (unpaired) electrons. The molecule has 0 aliphatic carbocycles. The molecule has 0 saturated carbocycles. The first kappa shape index (κ1) is 17.5. The Morgan fingerprint density at radius 2 is 1.75 bits per heavy atom. The van der Waals surface area contributed by atoms with Gasteiger partial charge in [-0.1, -0.05) is 38.1 Å². The Morgan fingerprint density at radius 1 is 1.04 bits per heavy atom. The van der Waals surface area contributed by atoms with Gasteiger partial charge in [0.1, 0.15) is 6.04 Å². The van der Waals surface area contributed by atoms with Gasteiger partial charge in [0.25, 0.3) is 0 Å². The molecule has 1 atom stereocenters. The normalized spacial score (nSPS) is 11.6. The van der Waals surface area contributed by atoms with Crippen LogP contribution in [0.25, 0.3) is 0 Å². The number of hydrogen-bond acceptors (Lipinski definition) is 3. The fourth-order valence-electron chi connectivity index (χ4n) is 2.16. The summed E-state index contributed by atoms with van der Waals surface area (Å²) in [5.41, 5.74) is 1.44. The number of amides is 3. The van der Waals surface area contributed by atoms with Crippen molar-refractivity contribution in [1.29, 1.82) is 0 Å². The Kier molecular flexibility index (Phi) is 6.31. The molecule has 6 heteroatoms. The molecule has 24 heavy (non-hydrogen) atoms. The molecule has 0 bridgehead atoms. The van der Waals surface area contributed by atoms with Crippen molar-refractivity contribution in [1.82, 2.24) is 15.6 Å². The van der Waals surface area contributed by atoms with E-state index in [1.165, 1.54) is 0 Å². The molecule has 1 aromatic carbocycles. The van der Waals surface area contributed by atoms with Crippen LogP contribution in [-0.2, 0) is 11.3 Å². The number of carbonyl (C=O) groups excluding carboxylic acids is 2. The summed E-state index contributed by atoms with van der Waals surface area (Å²) < 4.78 is 0. The smallest absolute Gasteiger partial charge is 0.319 e. The molecule has 126 valence electrons. The SMILES string of the molecule is CC(C)[C@H](NC(=O)Nc1ccccc1)C(=O)NCc1ccccn1. The number of carbonyl (C=O) groups is 2. The van der Waals surface area contributed by atoms with Crippen LogP contribution >= 0.6 is 0 Å². The predicted molar refractivity (Wildman–Crippen MR) is 93.3 cm³/mol. The number of benzene rings is 1. The molecule has 3 amide bonds. The van der Waals surface area contributed by atoms with E-state index >= 15 is 0 Å². The summed E-state index contributed by atoms with van der Waals surface area (Å²) in [6.45, 7) is 4.09. The second-order valence-electron chi connectivity index (χ2n) is 5.73. The molecule has 0 saturated heterocycles. The Bertz CT molecular complexity index is 659. The second-order valence-corrected chi connectivity index (χ2v) is 5.73. The summed E-state index contributed by atoms with van der Waals surface area (Å²) in [7, 11) is 0. The molecule has 0 aliphatic heterocycles. The van der Waals surface area contributed by atoms with Crippen LogP contribution in [0.15, 0.2) is 54.7 Å². The van der Waals surface area contributed by atoms with E-state index in [0.29, 0.717) is 12.2 Å². The van der Waals surface area contributed by atoms with Crippen molar-refractivity contribution in [3.63, 3.8) is 0 Å². The molecular weight excluding hydrogens is 304 g/mol. The predicted octanol–water partition coefficient (Wildman–Crippen LogP) is 2.54. The molecule has 0 fully saturated rings. The van der Waals surface area contributed by atoms with Crippen molar-refractivity contribution in [3.8, 4) is 0 Å². The van der Waals surface area contributed by atoms with Crippen LogP contribution in [0.5, 0.6) is 0 Å². The van der Waals surface area contributed by atoms with Gasteiger partial charge in [-0.15, -0.1) is 0 Å². The minimum atomic E-state index is -0.627. The monoisotopic (exact) mass is 326 g/mol. The van der Waals surface area contributed by atoms with Gasteiger partial charge in [0.15, 0.2) is 0 Å². The molecular formula is C18H22N4O2. The molecule has 2 aromatic rings. The standard InChI is InChI=1S/C18H22N4O2/c1-13(2)16(17(23)20-12-15-10-6-7-11-19-15)22-18(24)21-14-8-4-3-5-9-14/h3-11,13,16H,12H2,1-2H3,(H,20,23)(H2,21,22,24)/t16-/m0/s1. The van der Waals surface area contributed by atoms with Crippen LogP contribution in [0.2, 0.25) is 0 Å². The highest BCUT2D eigenvalue weighted by atomic mass is 16.2. The number of para-hydroxylation sites is 1. The number of anilines is 1. The Hall–Kier alpha value is -2.89. The highest BCUT2D eigenvalue weighted by Gasteiger charge is 2.24. The van der Waals surface area contributed by atoms with E-state index in [-0.39, 0.29) is 11.8 Å². The van der Waals surface area contributed by atoms with Crippen molar-refractivity contribution in [3.05, 3.63) is 60.4 Å². The molecule has 6 nitrogen and oxygen atoms in total. The van der Waals surface area contributed by atoms with Crippen molar-refractivity contribution < 1.29 is 9.59 Å². The van der Waals surface area contributed by atoms with Crippen LogP contribution < -0.4 is 16.0 Å². The quantitative estimate of drug-likeness (QED) is 0.763. The summed E-state index contributed by atoms with van der Waals surface area (Å²) in [6, 6.07) is 13.6. The molecule has 0 aliphatic rings. The number of nitrogens with one attached hydrogen (secondary N) is 3. The van der Waals surface area contributed by atoms with Crippen LogP contribution in [0.4, 0.5) is 10.5 Å². The van der Waals surface area contributed by atoms with Gasteiger partial charge < -0.3 is 16.0 Å². The van der Waals surface area contributed by atoms with Gasteiger partial charge >= 0.3 is 6.03 Å². The summed E-state index contributed by atoms with van der Waals surface area (Å²) in [6.07, 6.45) is 1.67. The highest BCUT2D eigenvalue weighted by molar-refractivity contribution is 5.93. The topological polar surface area (TPSA) is 83.1 Å². The summed E-state index contributed by atoms with van der Waals surface area (Å²) >= 11 is 0. The fourth-order valence-corrected chi connectivity index (χ4v) is 2.16. The summed E-state index contributed by atoms with van der Waals surface area (Å²) in [5, 5.41) is 8.24. The van der Waals surface area contributed by atoms with Gasteiger partial charge in [0.05, 0.1) is 12.2 Å². The average Bonchev–Trinajstić information content (AvgIpc) is 2.59. The van der Waals surface area contributed by atoms with Crippen LogP contribution in [0.1, 0.15) is 19.5 Å². The first-order valence-corrected chi connectivity index (χ1v) is 7.86. The lowest BCUT2D eigenvalue weighted by molar-refractivity contribution is -0.124. The lowest BCUT2D eigenvalue weighted by Gasteiger charge is -2.22. The van der Waals surface area contributed by atoms with Crippen molar-refractivity contribution >= 4 is 17.6 Å². The van der Waals surface area contributed by atoms with E-state index in [1.54, 1.807) is 18.3 Å². The van der Waals surface area contributed by atoms with Gasteiger partial charge in [-0.25, -0.2) is 4.79 Å². The first-order valence-electron chi connectivity index (χ1n) is 7.86. The van der Waals surface area contributed by atoms with E-state index in [0.717, 1.165) is 5.69 Å². The van der Waals surface area contributed by atoms with E-state index in [1.807, 2.05) is 50.2 Å². The maximum Gasteiger partial charge on any atom is 0.319 e. The Morgan fingerprint density at radius 3 is 2.38 bits per heavy atom. The van der Waals surface area contributed by atoms with Gasteiger partial charge in [-0.05, 0) is 30.2 Å².